The highest BCUT2D eigenvalue weighted by Crippen LogP contribution is 2.58. The Kier molecular flexibility index (Phi) is 1.94. The van der Waals surface area contributed by atoms with Gasteiger partial charge in [-0.05, 0) is 18.6 Å². The molecule has 0 N–H and O–H groups in total. The Labute approximate surface area is 68.9 Å². The summed E-state index contributed by atoms with van der Waals surface area (Å²) in [6.45, 7) is 0. The Bertz CT molecular complexity index is 83.4. The van der Waals surface area contributed by atoms with E-state index in [4.69, 9.17) is 0 Å². The van der Waals surface area contributed by atoms with Crippen LogP contribution in [-0.4, -0.2) is 20.7 Å². The molecule has 9 heavy (non-hydrogen) atoms. The Morgan fingerprint density at radius 2 is 1.56 bits per heavy atom. The Hall–Kier alpha value is 1.05. The molecule has 0 aromatic carbocycles. The third-order valence-electron chi connectivity index (χ3n) is 1.68. The zero-order valence-electron chi connectivity index (χ0n) is 5.26. The van der Waals surface area contributed by atoms with Crippen LogP contribution in [0.15, 0.2) is 0 Å². The van der Waals surface area contributed by atoms with Crippen LogP contribution in [0.4, 0.5) is 0 Å². The summed E-state index contributed by atoms with van der Waals surface area (Å²) in [5.74, 6) is 4.18. The van der Waals surface area contributed by atoms with Crippen LogP contribution < -0.4 is 0 Å². The second-order valence-corrected chi connectivity index (χ2v) is 7.29. The summed E-state index contributed by atoms with van der Waals surface area (Å²) in [7, 11) is 0. The molecule has 0 unspecified atom stereocenters. The minimum atomic E-state index is 0.639. The van der Waals surface area contributed by atoms with Gasteiger partial charge in [-0.3, -0.25) is 0 Å². The first-order valence-electron chi connectivity index (χ1n) is 3.33. The molecule has 0 saturated carbocycles. The highest BCUT2D eigenvalue weighted by Gasteiger charge is 2.38. The molecule has 0 aromatic rings. The molecule has 2 aliphatic heterocycles. The fourth-order valence-electron chi connectivity index (χ4n) is 1.25. The van der Waals surface area contributed by atoms with Gasteiger partial charge in [-0.25, -0.2) is 0 Å². The molecular formula is C6H10S3. The Morgan fingerprint density at radius 1 is 0.889 bits per heavy atom. The van der Waals surface area contributed by atoms with Gasteiger partial charge >= 0.3 is 0 Å². The molecular weight excluding hydrogens is 168 g/mol. The molecule has 2 saturated heterocycles. The Morgan fingerprint density at radius 3 is 2.11 bits per heavy atom. The molecule has 2 aliphatic rings. The fourth-order valence-corrected chi connectivity index (χ4v) is 6.51. The van der Waals surface area contributed by atoms with Crippen LogP contribution >= 0.6 is 35.3 Å². The number of hydrogen-bond acceptors (Lipinski definition) is 3. The van der Waals surface area contributed by atoms with Crippen LogP contribution in [0, 0.1) is 0 Å². The van der Waals surface area contributed by atoms with E-state index in [1.54, 1.807) is 0 Å². The van der Waals surface area contributed by atoms with Crippen molar-refractivity contribution in [2.45, 2.75) is 16.3 Å². The summed E-state index contributed by atoms with van der Waals surface area (Å²) in [5, 5.41) is 0. The van der Waals surface area contributed by atoms with Gasteiger partial charge < -0.3 is 0 Å². The molecule has 2 fully saturated rings. The van der Waals surface area contributed by atoms with E-state index >= 15 is 0 Å². The van der Waals surface area contributed by atoms with E-state index < -0.39 is 0 Å². The largest absolute Gasteiger partial charge is 0.133 e. The van der Waals surface area contributed by atoms with Crippen molar-refractivity contribution in [3.8, 4) is 0 Å². The molecule has 2 rings (SSSR count). The molecule has 3 heteroatoms. The number of thioether (sulfide) groups is 3. The second-order valence-electron chi connectivity index (χ2n) is 2.33. The van der Waals surface area contributed by atoms with E-state index in [2.05, 4.69) is 35.3 Å². The van der Waals surface area contributed by atoms with Crippen molar-refractivity contribution in [3.63, 3.8) is 0 Å². The first-order valence-corrected chi connectivity index (χ1v) is 6.29. The van der Waals surface area contributed by atoms with E-state index in [-0.39, 0.29) is 0 Å². The van der Waals surface area contributed by atoms with Gasteiger partial charge in [0, 0.05) is 11.5 Å². The van der Waals surface area contributed by atoms with Gasteiger partial charge in [0.05, 0.1) is 0 Å². The standard InChI is InChI=1S/C6H10S3/c1-2-6(7-3-1)8-4-5-9-6/h1-5H2. The maximum atomic E-state index is 2.18. The highest BCUT2D eigenvalue weighted by atomic mass is 32.3. The molecule has 0 aliphatic carbocycles. The van der Waals surface area contributed by atoms with Crippen molar-refractivity contribution in [3.05, 3.63) is 0 Å². The quantitative estimate of drug-likeness (QED) is 0.560. The molecule has 0 bridgehead atoms. The van der Waals surface area contributed by atoms with E-state index in [1.165, 1.54) is 30.1 Å². The van der Waals surface area contributed by atoms with Gasteiger partial charge in [0.2, 0.25) is 0 Å². The highest BCUT2D eigenvalue weighted by molar-refractivity contribution is 8.35. The lowest BCUT2D eigenvalue weighted by molar-refractivity contribution is 0.900. The normalized spacial score (nSPS) is 32.0. The van der Waals surface area contributed by atoms with E-state index in [0.29, 0.717) is 3.41 Å². The van der Waals surface area contributed by atoms with E-state index in [9.17, 15) is 0 Å². The molecule has 0 atom stereocenters. The summed E-state index contributed by atoms with van der Waals surface area (Å²) in [5.41, 5.74) is 0. The minimum absolute atomic E-state index is 0.639. The van der Waals surface area contributed by atoms with E-state index in [1.807, 2.05) is 0 Å². The van der Waals surface area contributed by atoms with Crippen molar-refractivity contribution in [2.75, 3.05) is 17.3 Å². The van der Waals surface area contributed by atoms with Crippen LogP contribution in [0.3, 0.4) is 0 Å². The van der Waals surface area contributed by atoms with E-state index in [0.717, 1.165) is 0 Å². The van der Waals surface area contributed by atoms with Crippen LogP contribution in [0.25, 0.3) is 0 Å². The Balaban J connectivity index is 2.04. The summed E-state index contributed by atoms with van der Waals surface area (Å²) in [6.07, 6.45) is 2.90. The first-order chi connectivity index (χ1) is 4.41. The van der Waals surface area contributed by atoms with Crippen molar-refractivity contribution < 1.29 is 0 Å². The van der Waals surface area contributed by atoms with Crippen molar-refractivity contribution >= 4 is 35.3 Å². The average Bonchev–Trinajstić information content (AvgIpc) is 2.45. The lowest BCUT2D eigenvalue weighted by Gasteiger charge is -2.17. The molecule has 0 radical (unpaired) electrons. The maximum absolute atomic E-state index is 2.18. The SMILES string of the molecule is C1CSC2(C1)SCCS2. The topological polar surface area (TPSA) is 0 Å². The van der Waals surface area contributed by atoms with Crippen LogP contribution in [0.1, 0.15) is 12.8 Å². The summed E-state index contributed by atoms with van der Waals surface area (Å²) in [6, 6.07) is 0. The molecule has 2 heterocycles. The fraction of sp³-hybridized carbons (Fsp3) is 1.00. The zero-order chi connectivity index (χ0) is 6.16. The van der Waals surface area contributed by atoms with Crippen molar-refractivity contribution in [1.82, 2.24) is 0 Å². The monoisotopic (exact) mass is 178 g/mol. The van der Waals surface area contributed by atoms with Gasteiger partial charge in [0.1, 0.15) is 3.41 Å². The minimum Gasteiger partial charge on any atom is -0.133 e. The van der Waals surface area contributed by atoms with Gasteiger partial charge in [0.25, 0.3) is 0 Å². The predicted octanol–water partition coefficient (Wildman–Crippen LogP) is 2.65. The number of rotatable bonds is 0. The zero-order valence-corrected chi connectivity index (χ0v) is 7.71. The average molecular weight is 178 g/mol. The van der Waals surface area contributed by atoms with Crippen LogP contribution in [0.5, 0.6) is 0 Å². The van der Waals surface area contributed by atoms with Gasteiger partial charge in [-0.1, -0.05) is 0 Å². The van der Waals surface area contributed by atoms with Crippen LogP contribution in [0.2, 0.25) is 0 Å². The van der Waals surface area contributed by atoms with Gasteiger partial charge in [0.15, 0.2) is 0 Å². The smallest absolute Gasteiger partial charge is 0.107 e. The van der Waals surface area contributed by atoms with Crippen molar-refractivity contribution in [2.24, 2.45) is 0 Å². The predicted molar refractivity (Wildman–Crippen MR) is 49.3 cm³/mol. The molecule has 0 aromatic heterocycles. The second kappa shape index (κ2) is 2.59. The summed E-state index contributed by atoms with van der Waals surface area (Å²) < 4.78 is 0.639. The number of hydrogen-bond donors (Lipinski definition) is 0. The third kappa shape index (κ3) is 1.24. The first kappa shape index (κ1) is 6.74. The lowest BCUT2D eigenvalue weighted by atomic mass is 10.4. The molecule has 52 valence electrons. The van der Waals surface area contributed by atoms with Gasteiger partial charge in [-0.15, -0.1) is 35.3 Å². The van der Waals surface area contributed by atoms with Gasteiger partial charge in [-0.2, -0.15) is 0 Å². The third-order valence-corrected chi connectivity index (χ3v) is 7.30. The lowest BCUT2D eigenvalue weighted by Crippen LogP contribution is -2.03. The molecule has 1 spiro atoms. The van der Waals surface area contributed by atoms with Crippen molar-refractivity contribution in [1.29, 1.82) is 0 Å². The molecule has 0 amide bonds. The summed E-state index contributed by atoms with van der Waals surface area (Å²) in [4.78, 5) is 0. The summed E-state index contributed by atoms with van der Waals surface area (Å²) >= 11 is 6.53. The van der Waals surface area contributed by atoms with Crippen LogP contribution in [-0.2, 0) is 0 Å². The molecule has 0 nitrogen and oxygen atoms in total. The maximum Gasteiger partial charge on any atom is 0.107 e.